The SMILES string of the molecule is CC(CNC(=O)c1ccc(N)c([N+](=O)[O-])c1)Cc1cccs1. The first-order valence-electron chi connectivity index (χ1n) is 6.82. The summed E-state index contributed by atoms with van der Waals surface area (Å²) in [5, 5.41) is 15.7. The molecule has 0 saturated heterocycles. The van der Waals surface area contributed by atoms with Gasteiger partial charge in [-0.15, -0.1) is 11.3 Å². The standard InChI is InChI=1S/C15H17N3O3S/c1-10(7-12-3-2-6-22-12)9-17-15(19)11-4-5-13(16)14(8-11)18(20)21/h2-6,8,10H,7,9,16H2,1H3,(H,17,19). The number of amides is 1. The zero-order valence-corrected chi connectivity index (χ0v) is 12.9. The molecule has 6 nitrogen and oxygen atoms in total. The summed E-state index contributed by atoms with van der Waals surface area (Å²) in [6.07, 6.45) is 0.889. The van der Waals surface area contributed by atoms with Gasteiger partial charge >= 0.3 is 0 Å². The molecule has 0 saturated carbocycles. The van der Waals surface area contributed by atoms with Gasteiger partial charge in [0.1, 0.15) is 5.69 Å². The molecule has 1 aromatic heterocycles. The number of nitro benzene ring substituents is 1. The molecule has 0 radical (unpaired) electrons. The first-order chi connectivity index (χ1) is 10.5. The van der Waals surface area contributed by atoms with Crippen molar-refractivity contribution in [2.24, 2.45) is 5.92 Å². The van der Waals surface area contributed by atoms with E-state index in [1.165, 1.54) is 23.1 Å². The molecule has 3 N–H and O–H groups in total. The van der Waals surface area contributed by atoms with E-state index in [9.17, 15) is 14.9 Å². The topological polar surface area (TPSA) is 98.3 Å². The van der Waals surface area contributed by atoms with E-state index in [2.05, 4.69) is 11.4 Å². The third-order valence-electron chi connectivity index (χ3n) is 3.23. The Balaban J connectivity index is 1.94. The summed E-state index contributed by atoms with van der Waals surface area (Å²) in [5.74, 6) is -0.0486. The van der Waals surface area contributed by atoms with Crippen LogP contribution in [-0.4, -0.2) is 17.4 Å². The van der Waals surface area contributed by atoms with Gasteiger partial charge < -0.3 is 11.1 Å². The van der Waals surface area contributed by atoms with Gasteiger partial charge in [0.15, 0.2) is 0 Å². The highest BCUT2D eigenvalue weighted by Crippen LogP contribution is 2.22. The largest absolute Gasteiger partial charge is 0.393 e. The van der Waals surface area contributed by atoms with Gasteiger partial charge in [0.05, 0.1) is 4.92 Å². The van der Waals surface area contributed by atoms with Crippen molar-refractivity contribution in [1.29, 1.82) is 0 Å². The second kappa shape index (κ2) is 7.04. The molecule has 116 valence electrons. The van der Waals surface area contributed by atoms with Crippen LogP contribution in [0.2, 0.25) is 0 Å². The number of rotatable bonds is 6. The Kier molecular flexibility index (Phi) is 5.11. The molecule has 22 heavy (non-hydrogen) atoms. The summed E-state index contributed by atoms with van der Waals surface area (Å²) in [7, 11) is 0. The Hall–Kier alpha value is -2.41. The Morgan fingerprint density at radius 1 is 1.45 bits per heavy atom. The number of hydrogen-bond donors (Lipinski definition) is 2. The van der Waals surface area contributed by atoms with Gasteiger partial charge in [-0.25, -0.2) is 0 Å². The summed E-state index contributed by atoms with van der Waals surface area (Å²) in [6.45, 7) is 2.56. The van der Waals surface area contributed by atoms with Crippen molar-refractivity contribution < 1.29 is 9.72 Å². The first kappa shape index (κ1) is 16.0. The van der Waals surface area contributed by atoms with E-state index in [4.69, 9.17) is 5.73 Å². The monoisotopic (exact) mass is 319 g/mol. The van der Waals surface area contributed by atoms with Crippen molar-refractivity contribution in [3.05, 3.63) is 56.3 Å². The molecule has 0 aliphatic rings. The molecule has 2 aromatic rings. The Morgan fingerprint density at radius 3 is 2.86 bits per heavy atom. The highest BCUT2D eigenvalue weighted by Gasteiger charge is 2.16. The fourth-order valence-electron chi connectivity index (χ4n) is 2.06. The average Bonchev–Trinajstić information content (AvgIpc) is 2.97. The van der Waals surface area contributed by atoms with Gasteiger partial charge in [0.2, 0.25) is 0 Å². The van der Waals surface area contributed by atoms with Crippen molar-refractivity contribution in [3.63, 3.8) is 0 Å². The van der Waals surface area contributed by atoms with Crippen molar-refractivity contribution in [1.82, 2.24) is 5.32 Å². The fourth-order valence-corrected chi connectivity index (χ4v) is 2.93. The molecule has 1 aromatic carbocycles. The van der Waals surface area contributed by atoms with Crippen LogP contribution in [0.3, 0.4) is 0 Å². The minimum absolute atomic E-state index is 0.0487. The molecule has 0 fully saturated rings. The van der Waals surface area contributed by atoms with Crippen LogP contribution in [0, 0.1) is 16.0 Å². The summed E-state index contributed by atoms with van der Waals surface area (Å²) in [4.78, 5) is 23.6. The van der Waals surface area contributed by atoms with Crippen molar-refractivity contribution in [2.75, 3.05) is 12.3 Å². The normalized spacial score (nSPS) is 11.9. The second-order valence-corrected chi connectivity index (χ2v) is 6.16. The Labute approximate surface area is 132 Å². The summed E-state index contributed by atoms with van der Waals surface area (Å²) in [5.41, 5.74) is 5.55. The van der Waals surface area contributed by atoms with Crippen LogP contribution in [0.25, 0.3) is 0 Å². The molecule has 0 spiro atoms. The minimum Gasteiger partial charge on any atom is -0.393 e. The van der Waals surface area contributed by atoms with Crippen molar-refractivity contribution in [3.8, 4) is 0 Å². The van der Waals surface area contributed by atoms with Gasteiger partial charge in [-0.3, -0.25) is 14.9 Å². The Morgan fingerprint density at radius 2 is 2.23 bits per heavy atom. The molecule has 1 heterocycles. The lowest BCUT2D eigenvalue weighted by Crippen LogP contribution is -2.29. The van der Waals surface area contributed by atoms with E-state index in [1.54, 1.807) is 11.3 Å². The zero-order chi connectivity index (χ0) is 16.1. The van der Waals surface area contributed by atoms with E-state index >= 15 is 0 Å². The third kappa shape index (κ3) is 4.05. The number of benzene rings is 1. The highest BCUT2D eigenvalue weighted by atomic mass is 32.1. The quantitative estimate of drug-likeness (QED) is 0.486. The number of carbonyl (C=O) groups is 1. The number of nitrogens with two attached hydrogens (primary N) is 1. The van der Waals surface area contributed by atoms with Crippen LogP contribution >= 0.6 is 11.3 Å². The maximum Gasteiger partial charge on any atom is 0.292 e. The van der Waals surface area contributed by atoms with E-state index in [0.717, 1.165) is 6.42 Å². The lowest BCUT2D eigenvalue weighted by molar-refractivity contribution is -0.383. The van der Waals surface area contributed by atoms with E-state index in [-0.39, 0.29) is 28.8 Å². The molecule has 0 aliphatic heterocycles. The van der Waals surface area contributed by atoms with Gasteiger partial charge in [-0.05, 0) is 35.9 Å². The molecular formula is C15H17N3O3S. The van der Waals surface area contributed by atoms with Crippen molar-refractivity contribution >= 4 is 28.6 Å². The molecule has 1 unspecified atom stereocenters. The van der Waals surface area contributed by atoms with Crippen LogP contribution in [0.1, 0.15) is 22.2 Å². The van der Waals surface area contributed by atoms with Gasteiger partial charge in [0, 0.05) is 23.1 Å². The van der Waals surface area contributed by atoms with E-state index < -0.39 is 4.92 Å². The van der Waals surface area contributed by atoms with Crippen LogP contribution in [0.5, 0.6) is 0 Å². The predicted octanol–water partition coefficient (Wildman–Crippen LogP) is 2.85. The predicted molar refractivity (Wildman–Crippen MR) is 87.0 cm³/mol. The van der Waals surface area contributed by atoms with Gasteiger partial charge in [-0.2, -0.15) is 0 Å². The maximum absolute atomic E-state index is 12.1. The van der Waals surface area contributed by atoms with E-state index in [0.29, 0.717) is 6.54 Å². The molecular weight excluding hydrogens is 302 g/mol. The number of carbonyl (C=O) groups excluding carboxylic acids is 1. The summed E-state index contributed by atoms with van der Waals surface area (Å²) >= 11 is 1.69. The van der Waals surface area contributed by atoms with Crippen LogP contribution in [0.4, 0.5) is 11.4 Å². The number of nitrogens with zero attached hydrogens (tertiary/aromatic N) is 1. The number of nitro groups is 1. The first-order valence-corrected chi connectivity index (χ1v) is 7.70. The fraction of sp³-hybridized carbons (Fsp3) is 0.267. The number of nitrogen functional groups attached to an aromatic ring is 1. The molecule has 1 amide bonds. The number of nitrogens with one attached hydrogen (secondary N) is 1. The molecule has 0 aliphatic carbocycles. The average molecular weight is 319 g/mol. The second-order valence-electron chi connectivity index (χ2n) is 5.13. The zero-order valence-electron chi connectivity index (χ0n) is 12.1. The minimum atomic E-state index is -0.592. The van der Waals surface area contributed by atoms with Crippen LogP contribution in [-0.2, 0) is 6.42 Å². The lowest BCUT2D eigenvalue weighted by Gasteiger charge is -2.12. The van der Waals surface area contributed by atoms with Gasteiger partial charge in [0.25, 0.3) is 11.6 Å². The van der Waals surface area contributed by atoms with Crippen molar-refractivity contribution in [2.45, 2.75) is 13.3 Å². The van der Waals surface area contributed by atoms with Gasteiger partial charge in [-0.1, -0.05) is 13.0 Å². The molecule has 7 heteroatoms. The number of hydrogen-bond acceptors (Lipinski definition) is 5. The van der Waals surface area contributed by atoms with Crippen LogP contribution < -0.4 is 11.1 Å². The maximum atomic E-state index is 12.1. The highest BCUT2D eigenvalue weighted by molar-refractivity contribution is 7.09. The lowest BCUT2D eigenvalue weighted by atomic mass is 10.1. The van der Waals surface area contributed by atoms with Crippen LogP contribution in [0.15, 0.2) is 35.7 Å². The molecule has 0 bridgehead atoms. The Bertz CT molecular complexity index is 671. The number of anilines is 1. The summed E-state index contributed by atoms with van der Waals surface area (Å²) in [6, 6.07) is 8.13. The third-order valence-corrected chi connectivity index (χ3v) is 4.13. The van der Waals surface area contributed by atoms with E-state index in [1.807, 2.05) is 18.4 Å². The molecule has 2 rings (SSSR count). The molecule has 1 atom stereocenters. The summed E-state index contributed by atoms with van der Waals surface area (Å²) < 4.78 is 0. The smallest absolute Gasteiger partial charge is 0.292 e. The number of thiophene rings is 1.